The second kappa shape index (κ2) is 7.17. The average molecular weight is 319 g/mol. The first-order chi connectivity index (χ1) is 10.8. The Balaban J connectivity index is 1.53. The Morgan fingerprint density at radius 2 is 2.36 bits per heavy atom. The topological polar surface area (TPSA) is 65.5 Å². The number of thiazole rings is 1. The lowest BCUT2D eigenvalue weighted by atomic mass is 10.0. The smallest absolute Gasteiger partial charge is 0.251 e. The standard InChI is InChI=1S/C16H21N3O2S/c20-10-13-3-1-2-7-19(13)8-6-17-16(21)12-4-5-14-15(9-12)22-11-18-14/h4-5,9,11,13,20H,1-3,6-8,10H2,(H,17,21)/t13-/m0/s1. The van der Waals surface area contributed by atoms with E-state index >= 15 is 0 Å². The summed E-state index contributed by atoms with van der Waals surface area (Å²) in [5, 5.41) is 12.4. The van der Waals surface area contributed by atoms with Gasteiger partial charge in [0.25, 0.3) is 5.91 Å². The van der Waals surface area contributed by atoms with Crippen molar-refractivity contribution in [2.45, 2.75) is 25.3 Å². The quantitative estimate of drug-likeness (QED) is 0.883. The fraction of sp³-hybridized carbons (Fsp3) is 0.500. The summed E-state index contributed by atoms with van der Waals surface area (Å²) >= 11 is 1.54. The molecule has 0 aliphatic carbocycles. The van der Waals surface area contributed by atoms with Crippen LogP contribution in [0.3, 0.4) is 0 Å². The van der Waals surface area contributed by atoms with Crippen LogP contribution in [0, 0.1) is 0 Å². The number of carbonyl (C=O) groups excluding carboxylic acids is 1. The van der Waals surface area contributed by atoms with Crippen LogP contribution in [-0.2, 0) is 0 Å². The van der Waals surface area contributed by atoms with E-state index in [1.54, 1.807) is 16.8 Å². The number of aromatic nitrogens is 1. The number of fused-ring (bicyclic) bond motifs is 1. The maximum Gasteiger partial charge on any atom is 0.251 e. The van der Waals surface area contributed by atoms with Crippen molar-refractivity contribution >= 4 is 27.5 Å². The number of piperidine rings is 1. The lowest BCUT2D eigenvalue weighted by Gasteiger charge is -2.34. The van der Waals surface area contributed by atoms with Crippen LogP contribution >= 0.6 is 11.3 Å². The maximum atomic E-state index is 12.2. The van der Waals surface area contributed by atoms with Crippen molar-refractivity contribution in [3.8, 4) is 0 Å². The average Bonchev–Trinajstić information content (AvgIpc) is 3.02. The van der Waals surface area contributed by atoms with Gasteiger partial charge in [0, 0.05) is 24.7 Å². The molecule has 1 amide bonds. The lowest BCUT2D eigenvalue weighted by molar-refractivity contribution is 0.0849. The van der Waals surface area contributed by atoms with Crippen molar-refractivity contribution in [3.05, 3.63) is 29.3 Å². The molecule has 1 aromatic carbocycles. The molecule has 22 heavy (non-hydrogen) atoms. The Bertz CT molecular complexity index is 643. The zero-order valence-electron chi connectivity index (χ0n) is 12.5. The van der Waals surface area contributed by atoms with Gasteiger partial charge in [-0.15, -0.1) is 11.3 Å². The van der Waals surface area contributed by atoms with Crippen molar-refractivity contribution in [2.75, 3.05) is 26.2 Å². The highest BCUT2D eigenvalue weighted by Gasteiger charge is 2.21. The van der Waals surface area contributed by atoms with E-state index in [0.29, 0.717) is 12.1 Å². The predicted molar refractivity (Wildman–Crippen MR) is 88.3 cm³/mol. The Labute approximate surface area is 134 Å². The van der Waals surface area contributed by atoms with Gasteiger partial charge >= 0.3 is 0 Å². The minimum atomic E-state index is -0.0483. The molecule has 1 saturated heterocycles. The molecule has 1 aliphatic rings. The second-order valence-corrected chi connectivity index (χ2v) is 6.55. The first-order valence-electron chi connectivity index (χ1n) is 7.74. The highest BCUT2D eigenvalue weighted by molar-refractivity contribution is 7.16. The minimum absolute atomic E-state index is 0.0483. The third-order valence-electron chi connectivity index (χ3n) is 4.24. The number of amides is 1. The fourth-order valence-electron chi connectivity index (χ4n) is 2.97. The second-order valence-electron chi connectivity index (χ2n) is 5.66. The number of carbonyl (C=O) groups is 1. The highest BCUT2D eigenvalue weighted by Crippen LogP contribution is 2.19. The number of hydrogen-bond donors (Lipinski definition) is 2. The van der Waals surface area contributed by atoms with Gasteiger partial charge in [0.2, 0.25) is 0 Å². The monoisotopic (exact) mass is 319 g/mol. The molecule has 2 heterocycles. The molecule has 118 valence electrons. The van der Waals surface area contributed by atoms with Crippen LogP contribution in [0.4, 0.5) is 0 Å². The summed E-state index contributed by atoms with van der Waals surface area (Å²) in [7, 11) is 0. The summed E-state index contributed by atoms with van der Waals surface area (Å²) in [5.74, 6) is -0.0483. The Kier molecular flexibility index (Phi) is 5.02. The molecule has 2 N–H and O–H groups in total. The van der Waals surface area contributed by atoms with E-state index in [1.807, 2.05) is 18.2 Å². The van der Waals surface area contributed by atoms with Gasteiger partial charge in [0.05, 0.1) is 22.3 Å². The number of likely N-dealkylation sites (tertiary alicyclic amines) is 1. The van der Waals surface area contributed by atoms with Crippen LogP contribution in [0.2, 0.25) is 0 Å². The van der Waals surface area contributed by atoms with Gasteiger partial charge in [-0.1, -0.05) is 6.42 Å². The van der Waals surface area contributed by atoms with Crippen molar-refractivity contribution in [1.82, 2.24) is 15.2 Å². The molecule has 2 aromatic rings. The number of benzene rings is 1. The van der Waals surface area contributed by atoms with Gasteiger partial charge in [-0.05, 0) is 37.6 Å². The summed E-state index contributed by atoms with van der Waals surface area (Å²) in [4.78, 5) is 18.7. The van der Waals surface area contributed by atoms with Gasteiger partial charge < -0.3 is 10.4 Å². The summed E-state index contributed by atoms with van der Waals surface area (Å²) in [6, 6.07) is 5.83. The van der Waals surface area contributed by atoms with Crippen molar-refractivity contribution in [1.29, 1.82) is 0 Å². The highest BCUT2D eigenvalue weighted by atomic mass is 32.1. The molecule has 0 radical (unpaired) electrons. The molecule has 1 aromatic heterocycles. The number of nitrogens with one attached hydrogen (secondary N) is 1. The SMILES string of the molecule is O=C(NCCN1CCCC[C@H]1CO)c1ccc2ncsc2c1. The molecular weight excluding hydrogens is 298 g/mol. The van der Waals surface area contributed by atoms with Crippen LogP contribution in [0.5, 0.6) is 0 Å². The first-order valence-corrected chi connectivity index (χ1v) is 8.62. The van der Waals surface area contributed by atoms with Crippen LogP contribution in [-0.4, -0.2) is 53.2 Å². The maximum absolute atomic E-state index is 12.2. The number of aliphatic hydroxyl groups excluding tert-OH is 1. The van der Waals surface area contributed by atoms with Gasteiger partial charge in [-0.3, -0.25) is 9.69 Å². The van der Waals surface area contributed by atoms with E-state index in [1.165, 1.54) is 12.8 Å². The van der Waals surface area contributed by atoms with Gasteiger partial charge in [-0.25, -0.2) is 4.98 Å². The third-order valence-corrected chi connectivity index (χ3v) is 5.03. The largest absolute Gasteiger partial charge is 0.395 e. The molecule has 1 fully saturated rings. The molecule has 0 bridgehead atoms. The summed E-state index contributed by atoms with van der Waals surface area (Å²) < 4.78 is 1.03. The number of nitrogens with zero attached hydrogens (tertiary/aromatic N) is 2. The zero-order chi connectivity index (χ0) is 15.4. The predicted octanol–water partition coefficient (Wildman–Crippen LogP) is 1.87. The first kappa shape index (κ1) is 15.4. The Hall–Kier alpha value is -1.50. The van der Waals surface area contributed by atoms with Crippen LogP contribution in [0.15, 0.2) is 23.7 Å². The van der Waals surface area contributed by atoms with E-state index in [4.69, 9.17) is 0 Å². The van der Waals surface area contributed by atoms with Crippen LogP contribution < -0.4 is 5.32 Å². The minimum Gasteiger partial charge on any atom is -0.395 e. The molecule has 5 nitrogen and oxygen atoms in total. The summed E-state index contributed by atoms with van der Waals surface area (Å²) in [6.07, 6.45) is 3.40. The molecular formula is C16H21N3O2S. The summed E-state index contributed by atoms with van der Waals surface area (Å²) in [5.41, 5.74) is 3.40. The van der Waals surface area contributed by atoms with Crippen molar-refractivity contribution in [3.63, 3.8) is 0 Å². The van der Waals surface area contributed by atoms with E-state index in [0.717, 1.165) is 29.7 Å². The fourth-order valence-corrected chi connectivity index (χ4v) is 3.69. The zero-order valence-corrected chi connectivity index (χ0v) is 13.3. The molecule has 3 rings (SSSR count). The van der Waals surface area contributed by atoms with E-state index in [2.05, 4.69) is 15.2 Å². The molecule has 0 spiro atoms. The van der Waals surface area contributed by atoms with Gasteiger partial charge in [0.15, 0.2) is 0 Å². The number of hydrogen-bond acceptors (Lipinski definition) is 5. The lowest BCUT2D eigenvalue weighted by Crippen LogP contribution is -2.45. The molecule has 1 atom stereocenters. The molecule has 1 aliphatic heterocycles. The van der Waals surface area contributed by atoms with E-state index in [-0.39, 0.29) is 18.6 Å². The van der Waals surface area contributed by atoms with Crippen molar-refractivity contribution < 1.29 is 9.90 Å². The number of rotatable bonds is 5. The number of aliphatic hydroxyl groups is 1. The van der Waals surface area contributed by atoms with E-state index < -0.39 is 0 Å². The van der Waals surface area contributed by atoms with Gasteiger partial charge in [0.1, 0.15) is 0 Å². The molecule has 0 saturated carbocycles. The summed E-state index contributed by atoms with van der Waals surface area (Å²) in [6.45, 7) is 2.61. The molecule has 0 unspecified atom stereocenters. The van der Waals surface area contributed by atoms with E-state index in [9.17, 15) is 9.90 Å². The Morgan fingerprint density at radius 3 is 3.23 bits per heavy atom. The third kappa shape index (κ3) is 3.45. The van der Waals surface area contributed by atoms with Crippen molar-refractivity contribution in [2.24, 2.45) is 0 Å². The Morgan fingerprint density at radius 1 is 1.45 bits per heavy atom. The molecule has 6 heteroatoms. The van der Waals surface area contributed by atoms with Crippen LogP contribution in [0.25, 0.3) is 10.2 Å². The normalized spacial score (nSPS) is 19.4. The van der Waals surface area contributed by atoms with Crippen LogP contribution in [0.1, 0.15) is 29.6 Å². The van der Waals surface area contributed by atoms with Gasteiger partial charge in [-0.2, -0.15) is 0 Å².